The van der Waals surface area contributed by atoms with Crippen molar-refractivity contribution in [3.8, 4) is 5.75 Å². The largest absolute Gasteiger partial charge is 0.497 e. The third-order valence-corrected chi connectivity index (χ3v) is 5.59. The summed E-state index contributed by atoms with van der Waals surface area (Å²) in [4.78, 5) is 12.5. The molecule has 0 saturated heterocycles. The highest BCUT2D eigenvalue weighted by atomic mass is 32.2. The van der Waals surface area contributed by atoms with E-state index in [2.05, 4.69) is 20.1 Å². The summed E-state index contributed by atoms with van der Waals surface area (Å²) in [6.07, 6.45) is 4.80. The molecule has 25 heavy (non-hydrogen) atoms. The number of amides is 1. The second-order valence-electron chi connectivity index (χ2n) is 6.70. The van der Waals surface area contributed by atoms with E-state index in [1.54, 1.807) is 7.11 Å². The van der Waals surface area contributed by atoms with E-state index in [4.69, 9.17) is 4.74 Å². The van der Waals surface area contributed by atoms with Gasteiger partial charge in [-0.2, -0.15) is 0 Å². The number of benzene rings is 1. The van der Waals surface area contributed by atoms with Gasteiger partial charge in [0.15, 0.2) is 5.16 Å². The smallest absolute Gasteiger partial charge is 0.237 e. The van der Waals surface area contributed by atoms with Crippen LogP contribution in [0.25, 0.3) is 0 Å². The van der Waals surface area contributed by atoms with Crippen molar-refractivity contribution in [2.45, 2.75) is 55.0 Å². The Hall–Kier alpha value is -2.02. The van der Waals surface area contributed by atoms with Gasteiger partial charge < -0.3 is 14.6 Å². The molecule has 7 heteroatoms. The Balaban J connectivity index is 1.44. The van der Waals surface area contributed by atoms with Gasteiger partial charge in [-0.3, -0.25) is 4.79 Å². The molecule has 2 aromatic rings. The number of nitrogens with zero attached hydrogens (tertiary/aromatic N) is 3. The number of carbonyl (C=O) groups is 1. The normalized spacial score (nSPS) is 18.0. The van der Waals surface area contributed by atoms with Crippen LogP contribution >= 0.6 is 11.8 Å². The summed E-state index contributed by atoms with van der Waals surface area (Å²) in [5.74, 6) is 2.37. The molecule has 1 aromatic heterocycles. The fourth-order valence-electron chi connectivity index (χ4n) is 2.82. The van der Waals surface area contributed by atoms with Crippen molar-refractivity contribution >= 4 is 23.4 Å². The first-order valence-corrected chi connectivity index (χ1v) is 9.60. The second-order valence-corrected chi connectivity index (χ2v) is 8.01. The van der Waals surface area contributed by atoms with Gasteiger partial charge in [-0.1, -0.05) is 17.8 Å². The molecule has 1 atom stereocenters. The number of aromatic nitrogens is 3. The number of anilines is 1. The lowest BCUT2D eigenvalue weighted by Gasteiger charge is -2.13. The Morgan fingerprint density at radius 3 is 2.80 bits per heavy atom. The van der Waals surface area contributed by atoms with Gasteiger partial charge in [-0.25, -0.2) is 0 Å². The number of nitrogens with one attached hydrogen (secondary N) is 1. The van der Waals surface area contributed by atoms with Gasteiger partial charge in [0.25, 0.3) is 0 Å². The van der Waals surface area contributed by atoms with Crippen molar-refractivity contribution in [3.05, 3.63) is 30.1 Å². The zero-order chi connectivity index (χ0) is 17.4. The van der Waals surface area contributed by atoms with Crippen LogP contribution in [-0.2, 0) is 4.79 Å². The molecule has 4 rings (SSSR count). The minimum atomic E-state index is -0.250. The minimum Gasteiger partial charge on any atom is -0.497 e. The van der Waals surface area contributed by atoms with Crippen LogP contribution in [0.15, 0.2) is 29.4 Å². The molecule has 2 aliphatic rings. The molecule has 0 bridgehead atoms. The van der Waals surface area contributed by atoms with Gasteiger partial charge in [0, 0.05) is 23.7 Å². The van der Waals surface area contributed by atoms with Crippen molar-refractivity contribution in [3.63, 3.8) is 0 Å². The van der Waals surface area contributed by atoms with Gasteiger partial charge in [0.2, 0.25) is 5.91 Å². The lowest BCUT2D eigenvalue weighted by atomic mass is 10.3. The SMILES string of the molecule is COc1cccc(NC(=O)[C@@H](C)Sc2nnc(C3CC3)n2C2CC2)c1. The van der Waals surface area contributed by atoms with E-state index < -0.39 is 0 Å². The molecule has 132 valence electrons. The first-order chi connectivity index (χ1) is 12.2. The van der Waals surface area contributed by atoms with E-state index >= 15 is 0 Å². The zero-order valence-electron chi connectivity index (χ0n) is 14.4. The average Bonchev–Trinajstić information content (AvgIpc) is 3.54. The summed E-state index contributed by atoms with van der Waals surface area (Å²) in [6, 6.07) is 7.91. The van der Waals surface area contributed by atoms with E-state index in [0.29, 0.717) is 12.0 Å². The second kappa shape index (κ2) is 6.71. The molecule has 0 aliphatic heterocycles. The maximum Gasteiger partial charge on any atom is 0.237 e. The highest BCUT2D eigenvalue weighted by molar-refractivity contribution is 8.00. The fourth-order valence-corrected chi connectivity index (χ4v) is 3.75. The Labute approximate surface area is 151 Å². The van der Waals surface area contributed by atoms with Crippen LogP contribution < -0.4 is 10.1 Å². The summed E-state index contributed by atoms with van der Waals surface area (Å²) in [7, 11) is 1.61. The number of methoxy groups -OCH3 is 1. The highest BCUT2D eigenvalue weighted by Gasteiger charge is 2.37. The molecule has 0 spiro atoms. The van der Waals surface area contributed by atoms with Crippen molar-refractivity contribution in [1.82, 2.24) is 14.8 Å². The summed E-state index contributed by atoms with van der Waals surface area (Å²) < 4.78 is 7.47. The van der Waals surface area contributed by atoms with Crippen LogP contribution in [-0.4, -0.2) is 33.0 Å². The molecule has 2 aliphatic carbocycles. The lowest BCUT2D eigenvalue weighted by Crippen LogP contribution is -2.23. The van der Waals surface area contributed by atoms with Crippen molar-refractivity contribution in [2.24, 2.45) is 0 Å². The van der Waals surface area contributed by atoms with E-state index in [1.807, 2.05) is 31.2 Å². The van der Waals surface area contributed by atoms with Crippen molar-refractivity contribution in [1.29, 1.82) is 0 Å². The monoisotopic (exact) mass is 358 g/mol. The number of rotatable bonds is 7. The predicted octanol–water partition coefficient (Wildman–Crippen LogP) is 3.62. The zero-order valence-corrected chi connectivity index (χ0v) is 15.3. The van der Waals surface area contributed by atoms with E-state index in [-0.39, 0.29) is 11.2 Å². The van der Waals surface area contributed by atoms with E-state index in [1.165, 1.54) is 37.4 Å². The van der Waals surface area contributed by atoms with Crippen LogP contribution in [0.4, 0.5) is 5.69 Å². The minimum absolute atomic E-state index is 0.0448. The molecule has 2 saturated carbocycles. The summed E-state index contributed by atoms with van der Waals surface area (Å²) >= 11 is 1.49. The van der Waals surface area contributed by atoms with E-state index in [0.717, 1.165) is 22.4 Å². The number of hydrogen-bond donors (Lipinski definition) is 1. The predicted molar refractivity (Wildman–Crippen MR) is 97.2 cm³/mol. The Bertz CT molecular complexity index is 783. The van der Waals surface area contributed by atoms with Crippen molar-refractivity contribution in [2.75, 3.05) is 12.4 Å². The Kier molecular flexibility index (Phi) is 4.41. The summed E-state index contributed by atoms with van der Waals surface area (Å²) in [5.41, 5.74) is 0.735. The quantitative estimate of drug-likeness (QED) is 0.766. The van der Waals surface area contributed by atoms with Gasteiger partial charge >= 0.3 is 0 Å². The lowest BCUT2D eigenvalue weighted by molar-refractivity contribution is -0.115. The van der Waals surface area contributed by atoms with Crippen LogP contribution in [0.1, 0.15) is 50.4 Å². The Morgan fingerprint density at radius 2 is 2.12 bits per heavy atom. The molecule has 6 nitrogen and oxygen atoms in total. The van der Waals surface area contributed by atoms with Crippen LogP contribution in [0.3, 0.4) is 0 Å². The number of ether oxygens (including phenoxy) is 1. The molecule has 1 heterocycles. The fraction of sp³-hybridized carbons (Fsp3) is 0.500. The van der Waals surface area contributed by atoms with Gasteiger partial charge in [0.1, 0.15) is 11.6 Å². The molecular weight excluding hydrogens is 336 g/mol. The number of thioether (sulfide) groups is 1. The van der Waals surface area contributed by atoms with E-state index in [9.17, 15) is 4.79 Å². The molecule has 0 radical (unpaired) electrons. The Morgan fingerprint density at radius 1 is 1.32 bits per heavy atom. The average molecular weight is 358 g/mol. The molecule has 1 amide bonds. The van der Waals surface area contributed by atoms with Crippen molar-refractivity contribution < 1.29 is 9.53 Å². The topological polar surface area (TPSA) is 69.0 Å². The summed E-state index contributed by atoms with van der Waals surface area (Å²) in [6.45, 7) is 1.91. The van der Waals surface area contributed by atoms with Crippen LogP contribution in [0, 0.1) is 0 Å². The number of carbonyl (C=O) groups excluding carboxylic acids is 1. The molecule has 1 N–H and O–H groups in total. The first-order valence-electron chi connectivity index (χ1n) is 8.72. The van der Waals surface area contributed by atoms with Gasteiger partial charge in [-0.15, -0.1) is 10.2 Å². The molecule has 1 aromatic carbocycles. The maximum atomic E-state index is 12.5. The number of hydrogen-bond acceptors (Lipinski definition) is 5. The standard InChI is InChI=1S/C18H22N4O2S/c1-11(17(23)19-13-4-3-5-15(10-13)24-2)25-18-21-20-16(12-6-7-12)22(18)14-8-9-14/h3-5,10-12,14H,6-9H2,1-2H3,(H,19,23)/t11-/m1/s1. The first kappa shape index (κ1) is 16.4. The highest BCUT2D eigenvalue weighted by Crippen LogP contribution is 2.46. The molecule has 2 fully saturated rings. The third-order valence-electron chi connectivity index (χ3n) is 4.53. The van der Waals surface area contributed by atoms with Crippen LogP contribution in [0.5, 0.6) is 5.75 Å². The van der Waals surface area contributed by atoms with Crippen LogP contribution in [0.2, 0.25) is 0 Å². The summed E-state index contributed by atoms with van der Waals surface area (Å²) in [5, 5.41) is 12.3. The van der Waals surface area contributed by atoms with Gasteiger partial charge in [-0.05, 0) is 44.7 Å². The maximum absolute atomic E-state index is 12.5. The third kappa shape index (κ3) is 3.66. The molecule has 0 unspecified atom stereocenters. The molecular formula is C18H22N4O2S. The van der Waals surface area contributed by atoms with Gasteiger partial charge in [0.05, 0.1) is 12.4 Å².